The fourth-order valence-electron chi connectivity index (χ4n) is 3.73. The average molecular weight is 444 g/mol. The lowest BCUT2D eigenvalue weighted by molar-refractivity contribution is 0.0927. The van der Waals surface area contributed by atoms with E-state index in [4.69, 9.17) is 0 Å². The molecule has 2 amide bonds. The number of sulfonamides is 1. The smallest absolute Gasteiger partial charge is 0.251 e. The maximum Gasteiger partial charge on any atom is 0.251 e. The molecule has 0 aliphatic heterocycles. The molecule has 1 aliphatic rings. The molecule has 1 aliphatic carbocycles. The fraction of sp³-hybridized carbons (Fsp3) is 0.391. The van der Waals surface area contributed by atoms with Crippen molar-refractivity contribution in [1.29, 1.82) is 0 Å². The third-order valence-corrected chi connectivity index (χ3v) is 7.54. The Morgan fingerprint density at radius 2 is 1.35 bits per heavy atom. The lowest BCUT2D eigenvalue weighted by atomic mass is 9.96. The summed E-state index contributed by atoms with van der Waals surface area (Å²) in [6.45, 7) is 0.556. The lowest BCUT2D eigenvalue weighted by Crippen LogP contribution is -2.38. The second kappa shape index (κ2) is 10.5. The molecule has 31 heavy (non-hydrogen) atoms. The van der Waals surface area contributed by atoms with Crippen LogP contribution in [-0.2, 0) is 10.0 Å². The quantitative estimate of drug-likeness (QED) is 0.613. The van der Waals surface area contributed by atoms with E-state index in [1.807, 2.05) is 6.07 Å². The van der Waals surface area contributed by atoms with Gasteiger partial charge in [0.25, 0.3) is 11.8 Å². The largest absolute Gasteiger partial charge is 0.350 e. The lowest BCUT2D eigenvalue weighted by Gasteiger charge is -2.30. The summed E-state index contributed by atoms with van der Waals surface area (Å²) in [5.41, 5.74) is 0.928. The number of rotatable bonds is 8. The maximum atomic E-state index is 12.9. The molecule has 166 valence electrons. The van der Waals surface area contributed by atoms with Gasteiger partial charge in [0, 0.05) is 37.3 Å². The number of carbonyl (C=O) groups excluding carboxylic acids is 2. The summed E-state index contributed by atoms with van der Waals surface area (Å²) in [7, 11) is -1.95. The second-order valence-corrected chi connectivity index (χ2v) is 9.71. The van der Waals surface area contributed by atoms with Gasteiger partial charge in [-0.1, -0.05) is 37.5 Å². The van der Waals surface area contributed by atoms with Crippen molar-refractivity contribution < 1.29 is 18.0 Å². The zero-order valence-corrected chi connectivity index (χ0v) is 18.5. The highest BCUT2D eigenvalue weighted by Gasteiger charge is 2.29. The van der Waals surface area contributed by atoms with Crippen molar-refractivity contribution in [3.8, 4) is 0 Å². The third kappa shape index (κ3) is 5.92. The highest BCUT2D eigenvalue weighted by atomic mass is 32.2. The van der Waals surface area contributed by atoms with Crippen molar-refractivity contribution in [2.24, 2.45) is 0 Å². The second-order valence-electron chi connectivity index (χ2n) is 7.72. The van der Waals surface area contributed by atoms with Gasteiger partial charge in [0.2, 0.25) is 10.0 Å². The molecule has 8 heteroatoms. The predicted octanol–water partition coefficient (Wildman–Crippen LogP) is 2.80. The van der Waals surface area contributed by atoms with E-state index in [0.29, 0.717) is 11.1 Å². The van der Waals surface area contributed by atoms with Crippen LogP contribution in [0.1, 0.15) is 52.8 Å². The zero-order valence-electron chi connectivity index (χ0n) is 17.7. The van der Waals surface area contributed by atoms with Crippen LogP contribution in [0.2, 0.25) is 0 Å². The fourth-order valence-corrected chi connectivity index (χ4v) is 5.15. The van der Waals surface area contributed by atoms with Gasteiger partial charge in [-0.05, 0) is 49.2 Å². The first-order chi connectivity index (χ1) is 14.9. The first-order valence-corrected chi connectivity index (χ1v) is 12.0. The molecular formula is C23H29N3O4S. The van der Waals surface area contributed by atoms with E-state index in [2.05, 4.69) is 10.6 Å². The van der Waals surface area contributed by atoms with Crippen LogP contribution in [-0.4, -0.2) is 50.7 Å². The van der Waals surface area contributed by atoms with Gasteiger partial charge in [-0.2, -0.15) is 4.31 Å². The number of amides is 2. The number of nitrogens with zero attached hydrogens (tertiary/aromatic N) is 1. The molecule has 0 bridgehead atoms. The van der Waals surface area contributed by atoms with Crippen LogP contribution in [0.15, 0.2) is 59.5 Å². The van der Waals surface area contributed by atoms with Crippen LogP contribution in [0.3, 0.4) is 0 Å². The normalized spacial score (nSPS) is 14.9. The van der Waals surface area contributed by atoms with Crippen LogP contribution in [0, 0.1) is 0 Å². The predicted molar refractivity (Wildman–Crippen MR) is 119 cm³/mol. The molecule has 1 saturated carbocycles. The Labute approximate surface area is 183 Å². The van der Waals surface area contributed by atoms with E-state index in [0.717, 1.165) is 32.1 Å². The van der Waals surface area contributed by atoms with Crippen LogP contribution in [0.25, 0.3) is 0 Å². The summed E-state index contributed by atoms with van der Waals surface area (Å²) in [4.78, 5) is 24.5. The minimum Gasteiger partial charge on any atom is -0.350 e. The van der Waals surface area contributed by atoms with Gasteiger partial charge < -0.3 is 10.6 Å². The van der Waals surface area contributed by atoms with Crippen molar-refractivity contribution in [3.63, 3.8) is 0 Å². The van der Waals surface area contributed by atoms with Crippen LogP contribution >= 0.6 is 0 Å². The van der Waals surface area contributed by atoms with E-state index >= 15 is 0 Å². The van der Waals surface area contributed by atoms with E-state index in [1.165, 1.54) is 28.6 Å². The molecule has 0 aromatic heterocycles. The molecule has 2 aromatic carbocycles. The summed E-state index contributed by atoms with van der Waals surface area (Å²) in [6, 6.07) is 14.8. The highest BCUT2D eigenvalue weighted by molar-refractivity contribution is 7.89. The standard InChI is InChI=1S/C23H29N3O4S/c1-26(20-10-6-3-7-11-20)31(29,30)21-14-12-19(13-15-21)23(28)25-17-16-24-22(27)18-8-4-2-5-9-18/h2,4-5,8-9,12-15,20H,3,6-7,10-11,16-17H2,1H3,(H,24,27)(H,25,28). The molecule has 2 N–H and O–H groups in total. The molecule has 0 radical (unpaired) electrons. The van der Waals surface area contributed by atoms with Gasteiger partial charge in [0.15, 0.2) is 0 Å². The highest BCUT2D eigenvalue weighted by Crippen LogP contribution is 2.26. The maximum absolute atomic E-state index is 12.9. The molecule has 7 nitrogen and oxygen atoms in total. The van der Waals surface area contributed by atoms with Gasteiger partial charge in [-0.25, -0.2) is 8.42 Å². The Balaban J connectivity index is 1.51. The van der Waals surface area contributed by atoms with E-state index in [-0.39, 0.29) is 35.8 Å². The summed E-state index contributed by atoms with van der Waals surface area (Å²) < 4.78 is 27.2. The van der Waals surface area contributed by atoms with Gasteiger partial charge in [0.1, 0.15) is 0 Å². The van der Waals surface area contributed by atoms with E-state index in [1.54, 1.807) is 31.3 Å². The Hall–Kier alpha value is -2.71. The summed E-state index contributed by atoms with van der Waals surface area (Å²) in [5.74, 6) is -0.523. The molecule has 2 aromatic rings. The molecule has 0 unspecified atom stereocenters. The third-order valence-electron chi connectivity index (χ3n) is 5.61. The van der Waals surface area contributed by atoms with Crippen molar-refractivity contribution >= 4 is 21.8 Å². The molecule has 0 heterocycles. The van der Waals surface area contributed by atoms with Crippen molar-refractivity contribution in [1.82, 2.24) is 14.9 Å². The van der Waals surface area contributed by atoms with Gasteiger partial charge >= 0.3 is 0 Å². The van der Waals surface area contributed by atoms with Crippen LogP contribution in [0.5, 0.6) is 0 Å². The van der Waals surface area contributed by atoms with Crippen LogP contribution in [0.4, 0.5) is 0 Å². The van der Waals surface area contributed by atoms with Crippen LogP contribution < -0.4 is 10.6 Å². The number of hydrogen-bond acceptors (Lipinski definition) is 4. The molecule has 3 rings (SSSR count). The SMILES string of the molecule is CN(C1CCCCC1)S(=O)(=O)c1ccc(C(=O)NCCNC(=O)c2ccccc2)cc1. The van der Waals surface area contributed by atoms with E-state index < -0.39 is 10.0 Å². The molecule has 1 fully saturated rings. The summed E-state index contributed by atoms with van der Waals surface area (Å²) >= 11 is 0. The van der Waals surface area contributed by atoms with Gasteiger partial charge in [-0.15, -0.1) is 0 Å². The number of hydrogen-bond donors (Lipinski definition) is 2. The molecule has 0 saturated heterocycles. The summed E-state index contributed by atoms with van der Waals surface area (Å²) in [5, 5.41) is 5.46. The van der Waals surface area contributed by atoms with Gasteiger partial charge in [0.05, 0.1) is 4.90 Å². The molecule has 0 spiro atoms. The Bertz CT molecular complexity index is 985. The van der Waals surface area contributed by atoms with Crippen molar-refractivity contribution in [3.05, 3.63) is 65.7 Å². The van der Waals surface area contributed by atoms with E-state index in [9.17, 15) is 18.0 Å². The number of benzene rings is 2. The number of nitrogens with one attached hydrogen (secondary N) is 2. The molecular weight excluding hydrogens is 414 g/mol. The Kier molecular flexibility index (Phi) is 7.81. The summed E-state index contributed by atoms with van der Waals surface area (Å²) in [6.07, 6.45) is 5.03. The minimum absolute atomic E-state index is 0.0350. The Morgan fingerprint density at radius 3 is 1.90 bits per heavy atom. The first-order valence-electron chi connectivity index (χ1n) is 10.6. The zero-order chi connectivity index (χ0) is 22.3. The van der Waals surface area contributed by atoms with Crippen molar-refractivity contribution in [2.45, 2.75) is 43.0 Å². The number of carbonyl (C=O) groups is 2. The first kappa shape index (κ1) is 23.0. The van der Waals surface area contributed by atoms with Crippen molar-refractivity contribution in [2.75, 3.05) is 20.1 Å². The minimum atomic E-state index is -3.58. The Morgan fingerprint density at radius 1 is 0.839 bits per heavy atom. The van der Waals surface area contributed by atoms with Gasteiger partial charge in [-0.3, -0.25) is 9.59 Å². The topological polar surface area (TPSA) is 95.6 Å². The molecule has 0 atom stereocenters. The average Bonchev–Trinajstić information content (AvgIpc) is 2.82. The monoisotopic (exact) mass is 443 g/mol.